The Morgan fingerprint density at radius 3 is 3.00 bits per heavy atom. The number of carbonyl (C=O) groups is 1. The lowest BCUT2D eigenvalue weighted by Crippen LogP contribution is -2.33. The number of rotatable bonds is 5. The Bertz CT molecular complexity index is 975. The Balaban J connectivity index is 1.37. The van der Waals surface area contributed by atoms with Crippen LogP contribution in [-0.4, -0.2) is 27.2 Å². The Kier molecular flexibility index (Phi) is 4.94. The molecule has 0 saturated heterocycles. The van der Waals surface area contributed by atoms with E-state index < -0.39 is 0 Å². The summed E-state index contributed by atoms with van der Waals surface area (Å²) in [6.45, 7) is 0.708. The second-order valence-corrected chi connectivity index (χ2v) is 7.96. The lowest BCUT2D eigenvalue weighted by molar-refractivity contribution is 0.0951. The second kappa shape index (κ2) is 7.51. The summed E-state index contributed by atoms with van der Waals surface area (Å²) in [6.07, 6.45) is 4.10. The predicted octanol–water partition coefficient (Wildman–Crippen LogP) is 2.74. The monoisotopic (exact) mass is 386 g/mol. The van der Waals surface area contributed by atoms with Crippen molar-refractivity contribution in [3.8, 4) is 10.6 Å². The molecule has 0 aromatic carbocycles. The molecule has 0 fully saturated rings. The lowest BCUT2D eigenvalue weighted by atomic mass is 9.97. The highest BCUT2D eigenvalue weighted by Crippen LogP contribution is 2.25. The van der Waals surface area contributed by atoms with Crippen molar-refractivity contribution in [1.82, 2.24) is 20.1 Å². The normalized spacial score (nSPS) is 13.4. The van der Waals surface area contributed by atoms with Gasteiger partial charge in [-0.3, -0.25) is 9.59 Å². The fourth-order valence-electron chi connectivity index (χ4n) is 3.03. The average Bonchev–Trinajstić information content (AvgIpc) is 3.33. The molecule has 0 saturated carbocycles. The van der Waals surface area contributed by atoms with Gasteiger partial charge < -0.3 is 5.32 Å². The highest BCUT2D eigenvalue weighted by molar-refractivity contribution is 7.15. The van der Waals surface area contributed by atoms with E-state index in [4.69, 9.17) is 0 Å². The van der Waals surface area contributed by atoms with Gasteiger partial charge in [-0.15, -0.1) is 22.7 Å². The third-order valence-corrected chi connectivity index (χ3v) is 6.09. The molecule has 0 atom stereocenters. The van der Waals surface area contributed by atoms with Crippen molar-refractivity contribution in [3.05, 3.63) is 55.6 Å². The summed E-state index contributed by atoms with van der Waals surface area (Å²) in [7, 11) is 0. The van der Waals surface area contributed by atoms with Gasteiger partial charge >= 0.3 is 0 Å². The minimum absolute atomic E-state index is 0.103. The molecule has 1 N–H and O–H groups in total. The van der Waals surface area contributed by atoms with Gasteiger partial charge in [0.1, 0.15) is 0 Å². The largest absolute Gasteiger partial charge is 0.348 e. The van der Waals surface area contributed by atoms with Gasteiger partial charge in [0.25, 0.3) is 11.5 Å². The van der Waals surface area contributed by atoms with Crippen LogP contribution in [0.2, 0.25) is 0 Å². The maximum absolute atomic E-state index is 12.3. The van der Waals surface area contributed by atoms with Gasteiger partial charge in [-0.2, -0.15) is 5.10 Å². The van der Waals surface area contributed by atoms with Crippen molar-refractivity contribution < 1.29 is 4.79 Å². The number of hydrogen-bond acceptors (Lipinski definition) is 6. The first-order chi connectivity index (χ1) is 12.7. The van der Waals surface area contributed by atoms with Gasteiger partial charge in [0, 0.05) is 18.0 Å². The Hall–Kier alpha value is -2.32. The first-order valence-electron chi connectivity index (χ1n) is 8.58. The zero-order valence-corrected chi connectivity index (χ0v) is 15.7. The highest BCUT2D eigenvalue weighted by Gasteiger charge is 2.14. The number of thiophene rings is 1. The summed E-state index contributed by atoms with van der Waals surface area (Å²) >= 11 is 2.92. The summed E-state index contributed by atoms with van der Waals surface area (Å²) in [4.78, 5) is 29.9. The van der Waals surface area contributed by atoms with E-state index in [0.29, 0.717) is 18.1 Å². The summed E-state index contributed by atoms with van der Waals surface area (Å²) in [6, 6.07) is 5.63. The van der Waals surface area contributed by atoms with Crippen LogP contribution in [-0.2, 0) is 19.4 Å². The van der Waals surface area contributed by atoms with E-state index in [2.05, 4.69) is 15.4 Å². The van der Waals surface area contributed by atoms with Crippen LogP contribution in [0.5, 0.6) is 0 Å². The Morgan fingerprint density at radius 1 is 1.27 bits per heavy atom. The standard InChI is InChI=1S/C18H18N4O2S2/c23-16-10-12-4-1-2-5-13(12)21-22(16)8-7-19-17(24)18-20-14(11-26-18)15-6-3-9-25-15/h3,6,9-11H,1-2,4-5,7-8H2,(H,19,24). The molecule has 1 aliphatic rings. The van der Waals surface area contributed by atoms with Gasteiger partial charge in [0.05, 0.1) is 22.8 Å². The molecule has 4 rings (SSSR count). The molecule has 26 heavy (non-hydrogen) atoms. The quantitative estimate of drug-likeness (QED) is 0.731. The number of amides is 1. The van der Waals surface area contributed by atoms with Gasteiger partial charge in [0.15, 0.2) is 5.01 Å². The van der Waals surface area contributed by atoms with E-state index in [1.165, 1.54) is 16.0 Å². The second-order valence-electron chi connectivity index (χ2n) is 6.16. The smallest absolute Gasteiger partial charge is 0.280 e. The van der Waals surface area contributed by atoms with Crippen molar-refractivity contribution in [2.24, 2.45) is 0 Å². The van der Waals surface area contributed by atoms with Gasteiger partial charge in [-0.1, -0.05) is 6.07 Å². The van der Waals surface area contributed by atoms with Crippen LogP contribution in [0.4, 0.5) is 0 Å². The first-order valence-corrected chi connectivity index (χ1v) is 10.3. The molecule has 3 aromatic heterocycles. The third kappa shape index (κ3) is 3.61. The maximum atomic E-state index is 12.3. The number of fused-ring (bicyclic) bond motifs is 1. The number of hydrogen-bond donors (Lipinski definition) is 1. The molecule has 3 aromatic rings. The van der Waals surface area contributed by atoms with Crippen molar-refractivity contribution in [3.63, 3.8) is 0 Å². The molecule has 0 radical (unpaired) electrons. The van der Waals surface area contributed by atoms with E-state index in [1.54, 1.807) is 17.4 Å². The molecule has 134 valence electrons. The van der Waals surface area contributed by atoms with Crippen LogP contribution in [0, 0.1) is 0 Å². The van der Waals surface area contributed by atoms with Gasteiger partial charge in [-0.05, 0) is 42.7 Å². The number of carbonyl (C=O) groups excluding carboxylic acids is 1. The Morgan fingerprint density at radius 2 is 2.15 bits per heavy atom. The first kappa shape index (κ1) is 17.1. The molecule has 0 spiro atoms. The number of nitrogens with one attached hydrogen (secondary N) is 1. The molecular formula is C18H18N4O2S2. The number of aromatic nitrogens is 3. The summed E-state index contributed by atoms with van der Waals surface area (Å²) in [5, 5.41) is 11.6. The van der Waals surface area contributed by atoms with Crippen LogP contribution < -0.4 is 10.9 Å². The van der Waals surface area contributed by atoms with E-state index in [1.807, 2.05) is 22.9 Å². The zero-order chi connectivity index (χ0) is 17.9. The third-order valence-electron chi connectivity index (χ3n) is 4.36. The van der Waals surface area contributed by atoms with Crippen molar-refractivity contribution in [1.29, 1.82) is 0 Å². The maximum Gasteiger partial charge on any atom is 0.280 e. The van der Waals surface area contributed by atoms with E-state index in [0.717, 1.165) is 47.5 Å². The molecule has 8 heteroatoms. The number of thiazole rings is 1. The van der Waals surface area contributed by atoms with E-state index in [9.17, 15) is 9.59 Å². The molecule has 0 unspecified atom stereocenters. The van der Waals surface area contributed by atoms with E-state index in [-0.39, 0.29) is 11.5 Å². The zero-order valence-electron chi connectivity index (χ0n) is 14.1. The SMILES string of the molecule is O=C(NCCn1nc2c(cc1=O)CCCC2)c1nc(-c2cccs2)cs1. The number of aryl methyl sites for hydroxylation is 2. The van der Waals surface area contributed by atoms with Crippen LogP contribution >= 0.6 is 22.7 Å². The fraction of sp³-hybridized carbons (Fsp3) is 0.333. The lowest BCUT2D eigenvalue weighted by Gasteiger charge is -2.15. The molecule has 1 amide bonds. The molecule has 3 heterocycles. The molecule has 0 aliphatic heterocycles. The molecular weight excluding hydrogens is 368 g/mol. The summed E-state index contributed by atoms with van der Waals surface area (Å²) < 4.78 is 1.45. The van der Waals surface area contributed by atoms with Crippen molar-refractivity contribution in [2.45, 2.75) is 32.2 Å². The fourth-order valence-corrected chi connectivity index (χ4v) is 4.52. The molecule has 6 nitrogen and oxygen atoms in total. The summed E-state index contributed by atoms with van der Waals surface area (Å²) in [5.41, 5.74) is 2.81. The van der Waals surface area contributed by atoms with Crippen molar-refractivity contribution in [2.75, 3.05) is 6.54 Å². The minimum Gasteiger partial charge on any atom is -0.348 e. The highest BCUT2D eigenvalue weighted by atomic mass is 32.1. The average molecular weight is 387 g/mol. The summed E-state index contributed by atoms with van der Waals surface area (Å²) in [5.74, 6) is -0.219. The van der Waals surface area contributed by atoms with Crippen LogP contribution in [0.3, 0.4) is 0 Å². The van der Waals surface area contributed by atoms with Crippen LogP contribution in [0.1, 0.15) is 33.9 Å². The van der Waals surface area contributed by atoms with Crippen molar-refractivity contribution >= 4 is 28.6 Å². The molecule has 0 bridgehead atoms. The predicted molar refractivity (Wildman–Crippen MR) is 103 cm³/mol. The van der Waals surface area contributed by atoms with Gasteiger partial charge in [0.2, 0.25) is 0 Å². The molecule has 1 aliphatic carbocycles. The Labute approximate surface area is 158 Å². The minimum atomic E-state index is -0.219. The van der Waals surface area contributed by atoms with E-state index >= 15 is 0 Å². The van der Waals surface area contributed by atoms with Crippen LogP contribution in [0.15, 0.2) is 33.8 Å². The van der Waals surface area contributed by atoms with Gasteiger partial charge in [-0.25, -0.2) is 9.67 Å². The van der Waals surface area contributed by atoms with Crippen LogP contribution in [0.25, 0.3) is 10.6 Å². The topological polar surface area (TPSA) is 76.9 Å². The number of nitrogens with zero attached hydrogens (tertiary/aromatic N) is 3.